The fourth-order valence-corrected chi connectivity index (χ4v) is 11.5. The minimum Gasteiger partial charge on any atom is -0.161 e. The molecule has 3 heteroatoms. The van der Waals surface area contributed by atoms with Gasteiger partial charge in [-0.15, -0.1) is 80.7 Å². The molecule has 0 saturated heterocycles. The first-order valence-corrected chi connectivity index (χ1v) is 21.9. The number of hydrogen-bond donors (Lipinski definition) is 0. The third kappa shape index (κ3) is 15.4. The standard InChI is InChI=1S/2C21H32P.Hf/c2*1-3-5-7-11-15-22(16-12-8-6-4-2)21-17-19-13-9-10-14-20(19)18-21;/h2*9-10,13-14,17-18H,3-8,11-12,15-16H2,1-2H3;/q2*-1;. The van der Waals surface area contributed by atoms with Crippen molar-refractivity contribution in [2.24, 2.45) is 0 Å². The van der Waals surface area contributed by atoms with Crippen LogP contribution in [0.15, 0.2) is 72.8 Å². The minimum atomic E-state index is 0. The summed E-state index contributed by atoms with van der Waals surface area (Å²) in [4.78, 5) is 0. The van der Waals surface area contributed by atoms with Gasteiger partial charge < -0.3 is 0 Å². The van der Waals surface area contributed by atoms with Crippen molar-refractivity contribution in [3.05, 3.63) is 72.8 Å². The molecular weight excluding hydrogens is 745 g/mol. The van der Waals surface area contributed by atoms with Gasteiger partial charge in [0, 0.05) is 25.8 Å². The molecule has 0 N–H and O–H groups in total. The van der Waals surface area contributed by atoms with Crippen LogP contribution in [-0.4, -0.2) is 24.6 Å². The molecule has 0 aliphatic carbocycles. The van der Waals surface area contributed by atoms with Crippen LogP contribution in [0.3, 0.4) is 0 Å². The summed E-state index contributed by atoms with van der Waals surface area (Å²) < 4.78 is 0. The van der Waals surface area contributed by atoms with Crippen LogP contribution in [0.4, 0.5) is 0 Å². The van der Waals surface area contributed by atoms with Gasteiger partial charge in [-0.25, -0.2) is 0 Å². The van der Waals surface area contributed by atoms with E-state index >= 15 is 0 Å². The van der Waals surface area contributed by atoms with Crippen LogP contribution in [0.25, 0.3) is 21.5 Å². The summed E-state index contributed by atoms with van der Waals surface area (Å²) in [6.45, 7) is 9.21. The molecule has 0 atom stereocenters. The molecule has 0 bridgehead atoms. The van der Waals surface area contributed by atoms with E-state index in [1.54, 1.807) is 10.6 Å². The molecule has 4 aromatic carbocycles. The van der Waals surface area contributed by atoms with E-state index in [0.29, 0.717) is 0 Å². The first kappa shape index (κ1) is 40.6. The zero-order valence-electron chi connectivity index (χ0n) is 29.5. The fourth-order valence-electron chi connectivity index (χ4n) is 6.29. The monoisotopic (exact) mass is 810 g/mol. The van der Waals surface area contributed by atoms with Crippen molar-refractivity contribution in [1.29, 1.82) is 0 Å². The molecule has 0 aliphatic heterocycles. The predicted molar refractivity (Wildman–Crippen MR) is 208 cm³/mol. The van der Waals surface area contributed by atoms with Crippen LogP contribution in [0.2, 0.25) is 0 Å². The summed E-state index contributed by atoms with van der Waals surface area (Å²) in [7, 11) is 0.128. The van der Waals surface area contributed by atoms with Crippen LogP contribution < -0.4 is 10.6 Å². The molecule has 0 fully saturated rings. The van der Waals surface area contributed by atoms with E-state index in [1.165, 1.54) is 149 Å². The Morgan fingerprint density at radius 3 is 1.02 bits per heavy atom. The zero-order chi connectivity index (χ0) is 31.2. The van der Waals surface area contributed by atoms with Crippen molar-refractivity contribution >= 4 is 48.0 Å². The Balaban J connectivity index is 0.000000307. The molecule has 0 nitrogen and oxygen atoms in total. The fraction of sp³-hybridized carbons (Fsp3) is 0.571. The molecule has 4 aromatic rings. The Kier molecular flexibility index (Phi) is 22.9. The molecule has 0 saturated carbocycles. The van der Waals surface area contributed by atoms with E-state index in [4.69, 9.17) is 0 Å². The third-order valence-electron chi connectivity index (χ3n) is 9.06. The normalized spacial score (nSPS) is 11.3. The van der Waals surface area contributed by atoms with Gasteiger partial charge in [-0.05, 0) is 50.3 Å². The van der Waals surface area contributed by atoms with Crippen molar-refractivity contribution < 1.29 is 25.8 Å². The largest absolute Gasteiger partial charge is 0.161 e. The topological polar surface area (TPSA) is 0 Å². The van der Waals surface area contributed by atoms with E-state index in [0.717, 1.165) is 0 Å². The van der Waals surface area contributed by atoms with E-state index in [9.17, 15) is 0 Å². The molecule has 0 aromatic heterocycles. The maximum Gasteiger partial charge on any atom is 0 e. The van der Waals surface area contributed by atoms with Crippen molar-refractivity contribution in [2.45, 2.75) is 130 Å². The van der Waals surface area contributed by atoms with Crippen molar-refractivity contribution in [3.8, 4) is 0 Å². The van der Waals surface area contributed by atoms with Crippen molar-refractivity contribution in [3.63, 3.8) is 0 Å². The molecule has 0 aliphatic rings. The van der Waals surface area contributed by atoms with E-state index in [1.807, 2.05) is 0 Å². The molecule has 248 valence electrons. The Labute approximate surface area is 300 Å². The van der Waals surface area contributed by atoms with Crippen LogP contribution in [0.5, 0.6) is 0 Å². The summed E-state index contributed by atoms with van der Waals surface area (Å²) in [6, 6.07) is 27.6. The Morgan fingerprint density at radius 2 is 0.733 bits per heavy atom. The van der Waals surface area contributed by atoms with Gasteiger partial charge >= 0.3 is 0 Å². The van der Waals surface area contributed by atoms with Gasteiger partial charge in [0.05, 0.1) is 0 Å². The molecule has 0 radical (unpaired) electrons. The van der Waals surface area contributed by atoms with Crippen LogP contribution in [0.1, 0.15) is 130 Å². The second-order valence-electron chi connectivity index (χ2n) is 12.9. The summed E-state index contributed by atoms with van der Waals surface area (Å²) in [6.07, 6.45) is 28.1. The molecular formula is C42H64HfP2-2. The van der Waals surface area contributed by atoms with Gasteiger partial charge in [0.1, 0.15) is 0 Å². The summed E-state index contributed by atoms with van der Waals surface area (Å²) in [5, 5.41) is 9.06. The maximum atomic E-state index is 2.47. The molecule has 0 unspecified atom stereocenters. The Hall–Kier alpha value is -0.610. The van der Waals surface area contributed by atoms with Crippen molar-refractivity contribution in [2.75, 3.05) is 24.6 Å². The zero-order valence-corrected chi connectivity index (χ0v) is 34.8. The molecule has 45 heavy (non-hydrogen) atoms. The van der Waals surface area contributed by atoms with Crippen LogP contribution >= 0.6 is 15.8 Å². The molecule has 0 amide bonds. The molecule has 0 spiro atoms. The number of fused-ring (bicyclic) bond motifs is 2. The van der Waals surface area contributed by atoms with E-state index in [2.05, 4.69) is 100 Å². The molecule has 4 rings (SSSR count). The predicted octanol–water partition coefficient (Wildman–Crippen LogP) is 13.7. The average Bonchev–Trinajstić information content (AvgIpc) is 3.68. The maximum absolute atomic E-state index is 2.47. The second-order valence-corrected chi connectivity index (χ2v) is 17.9. The van der Waals surface area contributed by atoms with Gasteiger partial charge in [0.15, 0.2) is 0 Å². The summed E-state index contributed by atoms with van der Waals surface area (Å²) in [5.74, 6) is 0. The summed E-state index contributed by atoms with van der Waals surface area (Å²) >= 11 is 0. The number of hydrogen-bond acceptors (Lipinski definition) is 0. The smallest absolute Gasteiger partial charge is 0 e. The van der Waals surface area contributed by atoms with Gasteiger partial charge in [0.25, 0.3) is 0 Å². The van der Waals surface area contributed by atoms with E-state index in [-0.39, 0.29) is 41.7 Å². The van der Waals surface area contributed by atoms with Gasteiger partial charge in [-0.3, -0.25) is 0 Å². The number of rotatable bonds is 22. The quantitative estimate of drug-likeness (QED) is 0.0321. The number of unbranched alkanes of at least 4 members (excludes halogenated alkanes) is 12. The molecule has 0 heterocycles. The van der Waals surface area contributed by atoms with Crippen molar-refractivity contribution in [1.82, 2.24) is 0 Å². The SMILES string of the molecule is CCCCCCP(CCCCCC)c1cc2ccccc2[cH-]1.CCCCCCP(CCCCCC)c1cc2ccccc2[cH-]1.[Hf]. The van der Waals surface area contributed by atoms with Gasteiger partial charge in [-0.2, -0.15) is 12.1 Å². The first-order valence-electron chi connectivity index (χ1n) is 18.5. The third-order valence-corrected chi connectivity index (χ3v) is 14.5. The minimum absolute atomic E-state index is 0. The second kappa shape index (κ2) is 25.4. The average molecular weight is 809 g/mol. The summed E-state index contributed by atoms with van der Waals surface area (Å²) in [5.41, 5.74) is 0. The Bertz CT molecular complexity index is 1070. The van der Waals surface area contributed by atoms with Gasteiger partial charge in [0.2, 0.25) is 0 Å². The first-order chi connectivity index (χ1) is 21.7. The van der Waals surface area contributed by atoms with Crippen LogP contribution in [0, 0.1) is 0 Å². The van der Waals surface area contributed by atoms with E-state index < -0.39 is 0 Å². The Morgan fingerprint density at radius 1 is 0.422 bits per heavy atom. The number of benzene rings is 2. The van der Waals surface area contributed by atoms with Gasteiger partial charge in [-0.1, -0.05) is 133 Å². The van der Waals surface area contributed by atoms with Crippen LogP contribution in [-0.2, 0) is 25.8 Å².